The van der Waals surface area contributed by atoms with Crippen LogP contribution in [-0.4, -0.2) is 12.0 Å². The number of rotatable bonds is 3. The van der Waals surface area contributed by atoms with E-state index in [9.17, 15) is 4.39 Å². The number of nitrogens with zero attached hydrogens (tertiary/aromatic N) is 1. The first-order chi connectivity index (χ1) is 9.29. The number of aromatic nitrogens is 1. The number of halogens is 1. The zero-order valence-electron chi connectivity index (χ0n) is 10.9. The van der Waals surface area contributed by atoms with Crippen molar-refractivity contribution in [3.05, 3.63) is 65.2 Å². The largest absolute Gasteiger partial charge is 0.312 e. The molecule has 1 aliphatic carbocycles. The lowest BCUT2D eigenvalue weighted by molar-refractivity contribution is 0.467. The Hall–Kier alpha value is -1.74. The van der Waals surface area contributed by atoms with Crippen LogP contribution in [0.15, 0.2) is 42.6 Å². The van der Waals surface area contributed by atoms with Gasteiger partial charge in [-0.25, -0.2) is 4.39 Å². The third-order valence-electron chi connectivity index (χ3n) is 3.92. The molecule has 0 saturated heterocycles. The van der Waals surface area contributed by atoms with E-state index in [-0.39, 0.29) is 11.9 Å². The quantitative estimate of drug-likeness (QED) is 0.912. The average molecular weight is 256 g/mol. The maximum Gasteiger partial charge on any atom is 0.123 e. The van der Waals surface area contributed by atoms with Crippen LogP contribution in [-0.2, 0) is 6.42 Å². The molecule has 0 radical (unpaired) electrons. The van der Waals surface area contributed by atoms with Crippen LogP contribution in [0.3, 0.4) is 0 Å². The highest BCUT2D eigenvalue weighted by atomic mass is 19.1. The number of hydrogen-bond acceptors (Lipinski definition) is 2. The Balaban J connectivity index is 1.96. The number of nitrogens with one attached hydrogen (secondary N) is 1. The molecule has 0 fully saturated rings. The van der Waals surface area contributed by atoms with Gasteiger partial charge in [-0.15, -0.1) is 0 Å². The topological polar surface area (TPSA) is 24.9 Å². The van der Waals surface area contributed by atoms with Gasteiger partial charge >= 0.3 is 0 Å². The molecule has 19 heavy (non-hydrogen) atoms. The molecule has 2 aromatic rings. The van der Waals surface area contributed by atoms with Crippen molar-refractivity contribution in [3.63, 3.8) is 0 Å². The summed E-state index contributed by atoms with van der Waals surface area (Å²) in [7, 11) is 1.93. The van der Waals surface area contributed by atoms with E-state index >= 15 is 0 Å². The zero-order chi connectivity index (χ0) is 13.2. The molecule has 1 heterocycles. The molecule has 1 aromatic heterocycles. The van der Waals surface area contributed by atoms with E-state index in [1.54, 1.807) is 12.1 Å². The first kappa shape index (κ1) is 12.3. The van der Waals surface area contributed by atoms with Gasteiger partial charge in [-0.1, -0.05) is 18.2 Å². The van der Waals surface area contributed by atoms with Crippen molar-refractivity contribution in [3.8, 4) is 0 Å². The van der Waals surface area contributed by atoms with Crippen molar-refractivity contribution in [2.75, 3.05) is 7.05 Å². The maximum atomic E-state index is 13.4. The van der Waals surface area contributed by atoms with Crippen LogP contribution < -0.4 is 5.32 Å². The molecular weight excluding hydrogens is 239 g/mol. The van der Waals surface area contributed by atoms with Gasteiger partial charge in [0.1, 0.15) is 5.82 Å². The lowest BCUT2D eigenvalue weighted by Crippen LogP contribution is -2.23. The maximum absolute atomic E-state index is 13.4. The highest BCUT2D eigenvalue weighted by Crippen LogP contribution is 2.40. The van der Waals surface area contributed by atoms with Crippen LogP contribution in [0.25, 0.3) is 0 Å². The smallest absolute Gasteiger partial charge is 0.123 e. The summed E-state index contributed by atoms with van der Waals surface area (Å²) in [6, 6.07) is 11.1. The van der Waals surface area contributed by atoms with Crippen molar-refractivity contribution < 1.29 is 4.39 Å². The minimum absolute atomic E-state index is 0.117. The van der Waals surface area contributed by atoms with Gasteiger partial charge < -0.3 is 5.32 Å². The second kappa shape index (κ2) is 5.10. The van der Waals surface area contributed by atoms with E-state index in [1.807, 2.05) is 25.4 Å². The van der Waals surface area contributed by atoms with E-state index in [2.05, 4.69) is 16.4 Å². The summed E-state index contributed by atoms with van der Waals surface area (Å²) in [5.74, 6) is 0.139. The van der Waals surface area contributed by atoms with Crippen molar-refractivity contribution in [2.45, 2.75) is 24.8 Å². The lowest BCUT2D eigenvalue weighted by atomic mass is 9.91. The Morgan fingerprint density at radius 2 is 2.21 bits per heavy atom. The van der Waals surface area contributed by atoms with Crippen LogP contribution in [0.2, 0.25) is 0 Å². The molecule has 2 unspecified atom stereocenters. The molecule has 98 valence electrons. The average Bonchev–Trinajstić information content (AvgIpc) is 2.84. The molecule has 1 N–H and O–H groups in total. The van der Waals surface area contributed by atoms with Crippen molar-refractivity contribution >= 4 is 0 Å². The monoisotopic (exact) mass is 256 g/mol. The number of fused-ring (bicyclic) bond motifs is 1. The summed E-state index contributed by atoms with van der Waals surface area (Å²) >= 11 is 0. The Bertz CT molecular complexity index is 582. The summed E-state index contributed by atoms with van der Waals surface area (Å²) in [6.45, 7) is 0. The number of benzene rings is 1. The van der Waals surface area contributed by atoms with Gasteiger partial charge in [0.05, 0.1) is 0 Å². The second-order valence-electron chi connectivity index (χ2n) is 5.01. The Morgan fingerprint density at radius 3 is 3.00 bits per heavy atom. The van der Waals surface area contributed by atoms with E-state index in [0.717, 1.165) is 24.1 Å². The number of pyridine rings is 1. The molecule has 3 heteroatoms. The molecule has 0 aliphatic heterocycles. The van der Waals surface area contributed by atoms with Gasteiger partial charge in [-0.05, 0) is 49.2 Å². The Morgan fingerprint density at radius 1 is 1.32 bits per heavy atom. The fourth-order valence-electron chi connectivity index (χ4n) is 3.07. The fourth-order valence-corrected chi connectivity index (χ4v) is 3.07. The van der Waals surface area contributed by atoms with Gasteiger partial charge in [0, 0.05) is 23.9 Å². The lowest BCUT2D eigenvalue weighted by Gasteiger charge is -2.23. The van der Waals surface area contributed by atoms with Gasteiger partial charge in [-0.3, -0.25) is 4.98 Å². The normalized spacial score (nSPS) is 19.2. The van der Waals surface area contributed by atoms with E-state index in [1.165, 1.54) is 11.6 Å². The van der Waals surface area contributed by atoms with Crippen molar-refractivity contribution in [1.82, 2.24) is 10.3 Å². The molecule has 1 aromatic carbocycles. The summed E-state index contributed by atoms with van der Waals surface area (Å²) < 4.78 is 13.4. The minimum atomic E-state index is -0.183. The highest BCUT2D eigenvalue weighted by Gasteiger charge is 2.31. The standard InChI is InChI=1S/C16H17FN2/c1-18-15(12-4-2-6-13(17)10-12)14-8-7-11-5-3-9-19-16(11)14/h2-6,9-10,14-15,18H,7-8H2,1H3. The Labute approximate surface area is 112 Å². The summed E-state index contributed by atoms with van der Waals surface area (Å²) in [5, 5.41) is 3.32. The van der Waals surface area contributed by atoms with E-state index in [4.69, 9.17) is 0 Å². The van der Waals surface area contributed by atoms with Crippen molar-refractivity contribution in [1.29, 1.82) is 0 Å². The molecule has 0 spiro atoms. The molecular formula is C16H17FN2. The van der Waals surface area contributed by atoms with Crippen LogP contribution >= 0.6 is 0 Å². The molecule has 1 aliphatic rings. The molecule has 2 atom stereocenters. The second-order valence-corrected chi connectivity index (χ2v) is 5.01. The van der Waals surface area contributed by atoms with Crippen molar-refractivity contribution in [2.24, 2.45) is 0 Å². The third-order valence-corrected chi connectivity index (χ3v) is 3.92. The first-order valence-electron chi connectivity index (χ1n) is 6.66. The summed E-state index contributed by atoms with van der Waals surface area (Å²) in [5.41, 5.74) is 3.47. The zero-order valence-corrected chi connectivity index (χ0v) is 10.9. The molecule has 0 saturated carbocycles. The molecule has 2 nitrogen and oxygen atoms in total. The van der Waals surface area contributed by atoms with Gasteiger partial charge in [-0.2, -0.15) is 0 Å². The number of hydrogen-bond donors (Lipinski definition) is 1. The van der Waals surface area contributed by atoms with Crippen LogP contribution in [0.4, 0.5) is 4.39 Å². The third kappa shape index (κ3) is 2.26. The Kier molecular flexibility index (Phi) is 3.30. The van der Waals surface area contributed by atoms with Gasteiger partial charge in [0.2, 0.25) is 0 Å². The summed E-state index contributed by atoms with van der Waals surface area (Å²) in [6.07, 6.45) is 3.96. The first-order valence-corrected chi connectivity index (χ1v) is 6.66. The van der Waals surface area contributed by atoms with Gasteiger partial charge in [0.25, 0.3) is 0 Å². The predicted octanol–water partition coefficient (Wildman–Crippen LogP) is 3.21. The molecule has 3 rings (SSSR count). The van der Waals surface area contributed by atoms with E-state index < -0.39 is 0 Å². The van der Waals surface area contributed by atoms with Crippen LogP contribution in [0, 0.1) is 5.82 Å². The minimum Gasteiger partial charge on any atom is -0.312 e. The number of aryl methyl sites for hydroxylation is 1. The SMILES string of the molecule is CNC(c1cccc(F)c1)C1CCc2cccnc21. The van der Waals surface area contributed by atoms with Crippen LogP contribution in [0.1, 0.15) is 35.2 Å². The number of likely N-dealkylation sites (N-methyl/N-ethyl adjacent to an activating group) is 1. The molecule has 0 amide bonds. The predicted molar refractivity (Wildman–Crippen MR) is 73.5 cm³/mol. The molecule has 0 bridgehead atoms. The fraction of sp³-hybridized carbons (Fsp3) is 0.312. The van der Waals surface area contributed by atoms with E-state index in [0.29, 0.717) is 5.92 Å². The summed E-state index contributed by atoms with van der Waals surface area (Å²) in [4.78, 5) is 4.52. The van der Waals surface area contributed by atoms with Gasteiger partial charge in [0.15, 0.2) is 0 Å². The highest BCUT2D eigenvalue weighted by molar-refractivity contribution is 5.33. The van der Waals surface area contributed by atoms with Crippen LogP contribution in [0.5, 0.6) is 0 Å².